The van der Waals surface area contributed by atoms with E-state index in [1.165, 1.54) is 0 Å². The summed E-state index contributed by atoms with van der Waals surface area (Å²) in [6, 6.07) is 11.4. The second-order valence-corrected chi connectivity index (χ2v) is 4.18. The maximum Gasteiger partial charge on any atom is 0.135 e. The number of aliphatic hydroxyl groups is 1. The van der Waals surface area contributed by atoms with Crippen molar-refractivity contribution in [2.24, 2.45) is 0 Å². The summed E-state index contributed by atoms with van der Waals surface area (Å²) in [5.74, 6) is 0.770. The SMILES string of the molecule is OCCc1ccccc1OCc1cccnc1Cl. The van der Waals surface area contributed by atoms with E-state index in [2.05, 4.69) is 4.98 Å². The van der Waals surface area contributed by atoms with Gasteiger partial charge in [0.2, 0.25) is 0 Å². The summed E-state index contributed by atoms with van der Waals surface area (Å²) < 4.78 is 5.72. The Morgan fingerprint density at radius 3 is 2.67 bits per heavy atom. The fraction of sp³-hybridized carbons (Fsp3) is 0.214. The highest BCUT2D eigenvalue weighted by Crippen LogP contribution is 2.21. The molecule has 4 heteroatoms. The topological polar surface area (TPSA) is 42.4 Å². The number of aromatic nitrogens is 1. The molecule has 94 valence electrons. The zero-order valence-corrected chi connectivity index (χ0v) is 10.6. The van der Waals surface area contributed by atoms with E-state index >= 15 is 0 Å². The van der Waals surface area contributed by atoms with Gasteiger partial charge in [0.05, 0.1) is 0 Å². The summed E-state index contributed by atoms with van der Waals surface area (Å²) in [7, 11) is 0. The smallest absolute Gasteiger partial charge is 0.135 e. The quantitative estimate of drug-likeness (QED) is 0.844. The fourth-order valence-electron chi connectivity index (χ4n) is 1.65. The molecule has 2 rings (SSSR count). The number of aliphatic hydroxyl groups excluding tert-OH is 1. The molecule has 1 aromatic carbocycles. The molecule has 0 atom stereocenters. The van der Waals surface area contributed by atoms with Gasteiger partial charge in [0.1, 0.15) is 17.5 Å². The maximum absolute atomic E-state index is 8.99. The number of pyridine rings is 1. The van der Waals surface area contributed by atoms with Gasteiger partial charge < -0.3 is 9.84 Å². The van der Waals surface area contributed by atoms with Gasteiger partial charge in [0, 0.05) is 18.4 Å². The normalized spacial score (nSPS) is 10.3. The fourth-order valence-corrected chi connectivity index (χ4v) is 1.83. The molecular weight excluding hydrogens is 250 g/mol. The van der Waals surface area contributed by atoms with Crippen molar-refractivity contribution >= 4 is 11.6 Å². The van der Waals surface area contributed by atoms with Crippen molar-refractivity contribution in [1.82, 2.24) is 4.98 Å². The predicted molar refractivity (Wildman–Crippen MR) is 70.8 cm³/mol. The summed E-state index contributed by atoms with van der Waals surface area (Å²) >= 11 is 5.96. The average molecular weight is 264 g/mol. The number of nitrogens with zero attached hydrogens (tertiary/aromatic N) is 1. The van der Waals surface area contributed by atoms with Crippen LogP contribution in [-0.4, -0.2) is 16.7 Å². The van der Waals surface area contributed by atoms with Crippen molar-refractivity contribution in [2.45, 2.75) is 13.0 Å². The highest BCUT2D eigenvalue weighted by atomic mass is 35.5. The van der Waals surface area contributed by atoms with Gasteiger partial charge >= 0.3 is 0 Å². The second-order valence-electron chi connectivity index (χ2n) is 3.82. The molecule has 1 N–H and O–H groups in total. The third-order valence-corrected chi connectivity index (χ3v) is 2.91. The summed E-state index contributed by atoms with van der Waals surface area (Å²) in [4.78, 5) is 4.00. The molecular formula is C14H14ClNO2. The lowest BCUT2D eigenvalue weighted by molar-refractivity contribution is 0.284. The van der Waals surface area contributed by atoms with Gasteiger partial charge in [0.15, 0.2) is 0 Å². The Bertz CT molecular complexity index is 517. The largest absolute Gasteiger partial charge is 0.489 e. The van der Waals surface area contributed by atoms with Crippen LogP contribution in [-0.2, 0) is 13.0 Å². The van der Waals surface area contributed by atoms with Gasteiger partial charge in [-0.15, -0.1) is 0 Å². The Hall–Kier alpha value is -1.58. The van der Waals surface area contributed by atoms with Crippen LogP contribution in [0.5, 0.6) is 5.75 Å². The van der Waals surface area contributed by atoms with E-state index in [1.54, 1.807) is 6.20 Å². The van der Waals surface area contributed by atoms with Crippen molar-refractivity contribution in [2.75, 3.05) is 6.61 Å². The van der Waals surface area contributed by atoms with Crippen LogP contribution in [0.2, 0.25) is 5.15 Å². The predicted octanol–water partition coefficient (Wildman–Crippen LogP) is 2.85. The Labute approximate surface area is 111 Å². The molecule has 0 bridgehead atoms. The van der Waals surface area contributed by atoms with Crippen LogP contribution >= 0.6 is 11.6 Å². The molecule has 0 radical (unpaired) electrons. The molecule has 2 aromatic rings. The summed E-state index contributed by atoms with van der Waals surface area (Å²) in [6.45, 7) is 0.475. The zero-order chi connectivity index (χ0) is 12.8. The van der Waals surface area contributed by atoms with E-state index in [0.717, 1.165) is 16.9 Å². The Morgan fingerprint density at radius 1 is 1.11 bits per heavy atom. The number of ether oxygens (including phenoxy) is 1. The van der Waals surface area contributed by atoms with Gasteiger partial charge in [0.25, 0.3) is 0 Å². The molecule has 3 nitrogen and oxygen atoms in total. The lowest BCUT2D eigenvalue weighted by Crippen LogP contribution is -2.01. The van der Waals surface area contributed by atoms with Crippen molar-refractivity contribution < 1.29 is 9.84 Å². The highest BCUT2D eigenvalue weighted by molar-refractivity contribution is 6.30. The third kappa shape index (κ3) is 3.22. The van der Waals surface area contributed by atoms with Gasteiger partial charge in [-0.05, 0) is 24.1 Å². The molecule has 0 saturated heterocycles. The molecule has 0 saturated carbocycles. The van der Waals surface area contributed by atoms with Crippen LogP contribution in [0, 0.1) is 0 Å². The zero-order valence-electron chi connectivity index (χ0n) is 9.84. The molecule has 0 aliphatic carbocycles. The molecule has 1 aromatic heterocycles. The average Bonchev–Trinajstić information content (AvgIpc) is 2.40. The molecule has 0 amide bonds. The molecule has 0 unspecified atom stereocenters. The molecule has 1 heterocycles. The first-order valence-electron chi connectivity index (χ1n) is 5.72. The lowest BCUT2D eigenvalue weighted by Gasteiger charge is -2.11. The van der Waals surface area contributed by atoms with Crippen molar-refractivity contribution in [1.29, 1.82) is 0 Å². The van der Waals surface area contributed by atoms with Gasteiger partial charge in [-0.1, -0.05) is 35.9 Å². The van der Waals surface area contributed by atoms with E-state index in [-0.39, 0.29) is 6.61 Å². The summed E-state index contributed by atoms with van der Waals surface area (Å²) in [6.07, 6.45) is 2.22. The standard InChI is InChI=1S/C14H14ClNO2/c15-14-12(5-3-8-16-14)10-18-13-6-2-1-4-11(13)7-9-17/h1-6,8,17H,7,9-10H2. The maximum atomic E-state index is 8.99. The van der Waals surface area contributed by atoms with Gasteiger partial charge in [-0.3, -0.25) is 0 Å². The first kappa shape index (κ1) is 12.9. The number of halogens is 1. The minimum atomic E-state index is 0.105. The van der Waals surface area contributed by atoms with Crippen LogP contribution in [0.15, 0.2) is 42.6 Å². The van der Waals surface area contributed by atoms with Crippen LogP contribution < -0.4 is 4.74 Å². The van der Waals surface area contributed by atoms with E-state index in [0.29, 0.717) is 18.2 Å². The molecule has 0 aliphatic heterocycles. The monoisotopic (exact) mass is 263 g/mol. The Balaban J connectivity index is 2.08. The van der Waals surface area contributed by atoms with Gasteiger partial charge in [-0.2, -0.15) is 0 Å². The van der Waals surface area contributed by atoms with Crippen LogP contribution in [0.25, 0.3) is 0 Å². The third-order valence-electron chi connectivity index (χ3n) is 2.57. The van der Waals surface area contributed by atoms with E-state index in [9.17, 15) is 0 Å². The number of benzene rings is 1. The van der Waals surface area contributed by atoms with E-state index in [4.69, 9.17) is 21.4 Å². The summed E-state index contributed by atoms with van der Waals surface area (Å²) in [5, 5.41) is 9.44. The first-order valence-corrected chi connectivity index (χ1v) is 6.10. The molecule has 0 aliphatic rings. The second kappa shape index (κ2) is 6.38. The van der Waals surface area contributed by atoms with Crippen molar-refractivity contribution in [3.8, 4) is 5.75 Å². The van der Waals surface area contributed by atoms with Crippen LogP contribution in [0.3, 0.4) is 0 Å². The minimum absolute atomic E-state index is 0.105. The number of rotatable bonds is 5. The van der Waals surface area contributed by atoms with Crippen molar-refractivity contribution in [3.05, 3.63) is 58.9 Å². The molecule has 18 heavy (non-hydrogen) atoms. The van der Waals surface area contributed by atoms with Gasteiger partial charge in [-0.25, -0.2) is 4.98 Å². The van der Waals surface area contributed by atoms with E-state index < -0.39 is 0 Å². The lowest BCUT2D eigenvalue weighted by atomic mass is 10.1. The van der Waals surface area contributed by atoms with E-state index in [1.807, 2.05) is 36.4 Å². The molecule has 0 spiro atoms. The number of hydrogen-bond acceptors (Lipinski definition) is 3. The Morgan fingerprint density at radius 2 is 1.89 bits per heavy atom. The van der Waals surface area contributed by atoms with Crippen LogP contribution in [0.4, 0.5) is 0 Å². The number of hydrogen-bond donors (Lipinski definition) is 1. The van der Waals surface area contributed by atoms with Crippen LogP contribution in [0.1, 0.15) is 11.1 Å². The number of para-hydroxylation sites is 1. The molecule has 0 fully saturated rings. The summed E-state index contributed by atoms with van der Waals surface area (Å²) in [5.41, 5.74) is 1.83. The Kier molecular flexibility index (Phi) is 4.56. The van der Waals surface area contributed by atoms with Crippen molar-refractivity contribution in [3.63, 3.8) is 0 Å². The minimum Gasteiger partial charge on any atom is -0.489 e. The highest BCUT2D eigenvalue weighted by Gasteiger charge is 2.05. The first-order chi connectivity index (χ1) is 8.81.